The summed E-state index contributed by atoms with van der Waals surface area (Å²) in [7, 11) is 0. The summed E-state index contributed by atoms with van der Waals surface area (Å²) in [5, 5.41) is 3.51. The van der Waals surface area contributed by atoms with Gasteiger partial charge in [0.15, 0.2) is 0 Å². The standard InChI is InChI=1S/C12H28N2S/c1-4-14(5-2)11-10-13-9-7-6-8-12-15-3/h13H,4-12H2,1-3H3. The molecule has 3 heteroatoms. The van der Waals surface area contributed by atoms with Crippen LogP contribution in [0.15, 0.2) is 0 Å². The maximum Gasteiger partial charge on any atom is 0.0107 e. The van der Waals surface area contributed by atoms with Crippen LogP contribution in [0.2, 0.25) is 0 Å². The topological polar surface area (TPSA) is 15.3 Å². The molecule has 15 heavy (non-hydrogen) atoms. The Morgan fingerprint density at radius 2 is 1.73 bits per heavy atom. The van der Waals surface area contributed by atoms with Crippen LogP contribution in [0, 0.1) is 0 Å². The van der Waals surface area contributed by atoms with Gasteiger partial charge in [-0.1, -0.05) is 20.3 Å². The lowest BCUT2D eigenvalue weighted by Gasteiger charge is -2.17. The number of rotatable bonds is 11. The minimum atomic E-state index is 1.14. The zero-order valence-corrected chi connectivity index (χ0v) is 11.5. The first-order valence-corrected chi connectivity index (χ1v) is 7.66. The Morgan fingerprint density at radius 1 is 1.00 bits per heavy atom. The van der Waals surface area contributed by atoms with Crippen molar-refractivity contribution in [3.63, 3.8) is 0 Å². The normalized spacial score (nSPS) is 11.2. The van der Waals surface area contributed by atoms with Crippen molar-refractivity contribution in [2.75, 3.05) is 44.7 Å². The van der Waals surface area contributed by atoms with Crippen LogP contribution in [0.1, 0.15) is 33.1 Å². The number of likely N-dealkylation sites (N-methyl/N-ethyl adjacent to an activating group) is 1. The quantitative estimate of drug-likeness (QED) is 0.551. The largest absolute Gasteiger partial charge is 0.315 e. The first-order valence-electron chi connectivity index (χ1n) is 6.27. The molecule has 0 aliphatic carbocycles. The summed E-state index contributed by atoms with van der Waals surface area (Å²) < 4.78 is 0. The van der Waals surface area contributed by atoms with Crippen LogP contribution < -0.4 is 5.32 Å². The molecule has 0 fully saturated rings. The average molecular weight is 232 g/mol. The second kappa shape index (κ2) is 12.3. The Bertz CT molecular complexity index is 116. The van der Waals surface area contributed by atoms with Gasteiger partial charge in [-0.3, -0.25) is 0 Å². The highest BCUT2D eigenvalue weighted by Gasteiger charge is 1.96. The number of nitrogens with zero attached hydrogens (tertiary/aromatic N) is 1. The lowest BCUT2D eigenvalue weighted by atomic mass is 10.2. The fraction of sp³-hybridized carbons (Fsp3) is 1.00. The second-order valence-electron chi connectivity index (χ2n) is 3.83. The van der Waals surface area contributed by atoms with Gasteiger partial charge < -0.3 is 10.2 Å². The van der Waals surface area contributed by atoms with E-state index in [0.29, 0.717) is 0 Å². The molecule has 2 nitrogen and oxygen atoms in total. The van der Waals surface area contributed by atoms with Gasteiger partial charge in [-0.05, 0) is 44.5 Å². The average Bonchev–Trinajstić information content (AvgIpc) is 2.27. The van der Waals surface area contributed by atoms with Crippen molar-refractivity contribution in [3.05, 3.63) is 0 Å². The van der Waals surface area contributed by atoms with E-state index >= 15 is 0 Å². The van der Waals surface area contributed by atoms with Gasteiger partial charge in [0.25, 0.3) is 0 Å². The van der Waals surface area contributed by atoms with E-state index in [-0.39, 0.29) is 0 Å². The highest BCUT2D eigenvalue weighted by molar-refractivity contribution is 7.98. The van der Waals surface area contributed by atoms with Gasteiger partial charge in [-0.15, -0.1) is 0 Å². The molecule has 0 aliphatic heterocycles. The third-order valence-corrected chi connectivity index (χ3v) is 3.40. The van der Waals surface area contributed by atoms with Gasteiger partial charge in [0.1, 0.15) is 0 Å². The smallest absolute Gasteiger partial charge is 0.0107 e. The van der Waals surface area contributed by atoms with Crippen LogP contribution >= 0.6 is 11.8 Å². The van der Waals surface area contributed by atoms with Gasteiger partial charge in [0.05, 0.1) is 0 Å². The van der Waals surface area contributed by atoms with Crippen molar-refractivity contribution in [1.29, 1.82) is 0 Å². The summed E-state index contributed by atoms with van der Waals surface area (Å²) in [4.78, 5) is 2.46. The lowest BCUT2D eigenvalue weighted by molar-refractivity contribution is 0.302. The molecule has 0 amide bonds. The summed E-state index contributed by atoms with van der Waals surface area (Å²) in [6.07, 6.45) is 6.26. The zero-order valence-electron chi connectivity index (χ0n) is 10.7. The fourth-order valence-corrected chi connectivity index (χ4v) is 2.07. The molecular weight excluding hydrogens is 204 g/mol. The maximum atomic E-state index is 3.51. The van der Waals surface area contributed by atoms with E-state index in [4.69, 9.17) is 0 Å². The number of thioether (sulfide) groups is 1. The predicted octanol–water partition coefficient (Wildman–Crippen LogP) is 2.45. The Hall–Kier alpha value is 0.270. The molecule has 0 aliphatic rings. The second-order valence-corrected chi connectivity index (χ2v) is 4.82. The van der Waals surface area contributed by atoms with Crippen LogP contribution in [0.3, 0.4) is 0 Å². The summed E-state index contributed by atoms with van der Waals surface area (Å²) in [6, 6.07) is 0. The van der Waals surface area contributed by atoms with Gasteiger partial charge >= 0.3 is 0 Å². The van der Waals surface area contributed by atoms with Gasteiger partial charge in [-0.25, -0.2) is 0 Å². The van der Waals surface area contributed by atoms with Crippen LogP contribution in [-0.2, 0) is 0 Å². The summed E-state index contributed by atoms with van der Waals surface area (Å²) in [5.74, 6) is 1.32. The Labute approximate surface area is 100 Å². The van der Waals surface area contributed by atoms with Crippen molar-refractivity contribution < 1.29 is 0 Å². The molecule has 0 aromatic heterocycles. The van der Waals surface area contributed by atoms with Gasteiger partial charge in [0.2, 0.25) is 0 Å². The molecule has 0 spiro atoms. The molecule has 0 unspecified atom stereocenters. The molecule has 0 bridgehead atoms. The van der Waals surface area contributed by atoms with Gasteiger partial charge in [0, 0.05) is 13.1 Å². The number of hydrogen-bond donors (Lipinski definition) is 1. The van der Waals surface area contributed by atoms with Crippen LogP contribution in [0.4, 0.5) is 0 Å². The van der Waals surface area contributed by atoms with E-state index in [1.54, 1.807) is 0 Å². The molecular formula is C12H28N2S. The lowest BCUT2D eigenvalue weighted by Crippen LogP contribution is -2.32. The van der Waals surface area contributed by atoms with E-state index in [0.717, 1.165) is 6.54 Å². The third kappa shape index (κ3) is 10.6. The Morgan fingerprint density at radius 3 is 2.33 bits per heavy atom. The molecule has 0 radical (unpaired) electrons. The minimum Gasteiger partial charge on any atom is -0.315 e. The zero-order chi connectivity index (χ0) is 11.4. The SMILES string of the molecule is CCN(CC)CCNCCCCCSC. The van der Waals surface area contributed by atoms with E-state index < -0.39 is 0 Å². The Kier molecular flexibility index (Phi) is 12.6. The molecule has 0 aromatic carbocycles. The summed E-state index contributed by atoms with van der Waals surface area (Å²) in [6.45, 7) is 10.3. The van der Waals surface area contributed by atoms with Crippen LogP contribution in [-0.4, -0.2) is 49.6 Å². The molecule has 0 rings (SSSR count). The van der Waals surface area contributed by atoms with Crippen molar-refractivity contribution in [2.45, 2.75) is 33.1 Å². The first-order chi connectivity index (χ1) is 7.35. The molecule has 0 saturated carbocycles. The third-order valence-electron chi connectivity index (χ3n) is 2.70. The monoisotopic (exact) mass is 232 g/mol. The van der Waals surface area contributed by atoms with E-state index in [1.165, 1.54) is 51.2 Å². The first kappa shape index (κ1) is 15.3. The Balaban J connectivity index is 3.04. The van der Waals surface area contributed by atoms with Crippen LogP contribution in [0.5, 0.6) is 0 Å². The fourth-order valence-electron chi connectivity index (χ4n) is 1.58. The molecule has 0 saturated heterocycles. The van der Waals surface area contributed by atoms with Crippen molar-refractivity contribution in [1.82, 2.24) is 10.2 Å². The number of unbranched alkanes of at least 4 members (excludes halogenated alkanes) is 2. The van der Waals surface area contributed by atoms with E-state index in [2.05, 4.69) is 30.3 Å². The number of nitrogens with one attached hydrogen (secondary N) is 1. The summed E-state index contributed by atoms with van der Waals surface area (Å²) in [5.41, 5.74) is 0. The molecule has 0 aromatic rings. The van der Waals surface area contributed by atoms with E-state index in [1.807, 2.05) is 11.8 Å². The van der Waals surface area contributed by atoms with Gasteiger partial charge in [-0.2, -0.15) is 11.8 Å². The highest BCUT2D eigenvalue weighted by Crippen LogP contribution is 2.01. The predicted molar refractivity (Wildman–Crippen MR) is 72.9 cm³/mol. The van der Waals surface area contributed by atoms with Crippen molar-refractivity contribution in [3.8, 4) is 0 Å². The van der Waals surface area contributed by atoms with Crippen molar-refractivity contribution >= 4 is 11.8 Å². The maximum absolute atomic E-state index is 3.51. The van der Waals surface area contributed by atoms with Crippen LogP contribution in [0.25, 0.3) is 0 Å². The molecule has 1 N–H and O–H groups in total. The molecule has 92 valence electrons. The molecule has 0 heterocycles. The minimum absolute atomic E-state index is 1.14. The summed E-state index contributed by atoms with van der Waals surface area (Å²) >= 11 is 1.95. The highest BCUT2D eigenvalue weighted by atomic mass is 32.2. The number of hydrogen-bond acceptors (Lipinski definition) is 3. The van der Waals surface area contributed by atoms with E-state index in [9.17, 15) is 0 Å². The van der Waals surface area contributed by atoms with Crippen molar-refractivity contribution in [2.24, 2.45) is 0 Å². The molecule has 0 atom stereocenters.